The smallest absolute Gasteiger partial charge is 0.412 e. The number of hydrogen-bond acceptors (Lipinski definition) is 4. The van der Waals surface area contributed by atoms with Crippen LogP contribution in [0.2, 0.25) is 0 Å². The molecule has 0 unspecified atom stereocenters. The molecule has 27 heavy (non-hydrogen) atoms. The van der Waals surface area contributed by atoms with E-state index >= 15 is 0 Å². The van der Waals surface area contributed by atoms with Crippen molar-refractivity contribution in [1.29, 1.82) is 0 Å². The van der Waals surface area contributed by atoms with Crippen LogP contribution in [0, 0.1) is 0 Å². The molecule has 0 atom stereocenters. The molecule has 0 radical (unpaired) electrons. The minimum Gasteiger partial charge on any atom is -0.496 e. The first-order valence-electron chi connectivity index (χ1n) is 8.95. The van der Waals surface area contributed by atoms with Crippen molar-refractivity contribution in [3.05, 3.63) is 65.9 Å². The number of hydrogen-bond donors (Lipinski definition) is 2. The summed E-state index contributed by atoms with van der Waals surface area (Å²) in [6.07, 6.45) is 1.67. The lowest BCUT2D eigenvalue weighted by molar-refractivity contribution is 0.155. The third-order valence-electron chi connectivity index (χ3n) is 4.58. The van der Waals surface area contributed by atoms with Gasteiger partial charge in [0.1, 0.15) is 18.1 Å². The largest absolute Gasteiger partial charge is 0.496 e. The molecule has 0 saturated heterocycles. The first kappa shape index (κ1) is 17.1. The highest BCUT2D eigenvalue weighted by molar-refractivity contribution is 5.92. The fourth-order valence-electron chi connectivity index (χ4n) is 3.05. The van der Waals surface area contributed by atoms with E-state index in [0.29, 0.717) is 23.0 Å². The zero-order valence-corrected chi connectivity index (χ0v) is 15.1. The first-order chi connectivity index (χ1) is 13.3. The maximum absolute atomic E-state index is 12.4. The van der Waals surface area contributed by atoms with E-state index in [1.165, 1.54) is 0 Å². The minimum absolute atomic E-state index is 0.216. The second-order valence-corrected chi connectivity index (χ2v) is 6.52. The summed E-state index contributed by atoms with van der Waals surface area (Å²) in [5, 5.41) is 10.4. The molecule has 2 N–H and O–H groups in total. The molecule has 6 nitrogen and oxygen atoms in total. The molecular weight excluding hydrogens is 342 g/mol. The Labute approximate surface area is 157 Å². The number of carbonyl (C=O) groups is 1. The highest BCUT2D eigenvalue weighted by Crippen LogP contribution is 2.46. The van der Waals surface area contributed by atoms with Crippen molar-refractivity contribution in [3.8, 4) is 17.0 Å². The highest BCUT2D eigenvalue weighted by atomic mass is 16.5. The molecule has 1 saturated carbocycles. The van der Waals surface area contributed by atoms with Crippen molar-refractivity contribution in [1.82, 2.24) is 10.2 Å². The molecule has 6 heteroatoms. The third-order valence-corrected chi connectivity index (χ3v) is 4.58. The number of amides is 1. The van der Waals surface area contributed by atoms with E-state index in [-0.39, 0.29) is 6.61 Å². The van der Waals surface area contributed by atoms with Gasteiger partial charge < -0.3 is 9.47 Å². The summed E-state index contributed by atoms with van der Waals surface area (Å²) >= 11 is 0. The second-order valence-electron chi connectivity index (χ2n) is 6.52. The number of nitrogens with zero attached hydrogens (tertiary/aromatic N) is 1. The second kappa shape index (κ2) is 7.53. The molecule has 0 bridgehead atoms. The predicted octanol–water partition coefficient (Wildman–Crippen LogP) is 4.71. The number of benzene rings is 2. The van der Waals surface area contributed by atoms with Crippen molar-refractivity contribution in [2.24, 2.45) is 0 Å². The lowest BCUT2D eigenvalue weighted by atomic mass is 10.1. The van der Waals surface area contributed by atoms with E-state index in [1.807, 2.05) is 54.6 Å². The van der Waals surface area contributed by atoms with Gasteiger partial charge in [0.2, 0.25) is 0 Å². The Bertz CT molecular complexity index is 933. The summed E-state index contributed by atoms with van der Waals surface area (Å²) in [6.45, 7) is 0.216. The van der Waals surface area contributed by atoms with Gasteiger partial charge in [0.05, 0.1) is 18.5 Å². The number of nitrogens with one attached hydrogen (secondary N) is 2. The maximum Gasteiger partial charge on any atom is 0.412 e. The Kier molecular flexibility index (Phi) is 4.78. The molecule has 2 aromatic carbocycles. The Morgan fingerprint density at radius 2 is 1.89 bits per heavy atom. The van der Waals surface area contributed by atoms with E-state index in [1.54, 1.807) is 7.11 Å². The van der Waals surface area contributed by atoms with Gasteiger partial charge >= 0.3 is 6.09 Å². The summed E-state index contributed by atoms with van der Waals surface area (Å²) < 4.78 is 10.8. The molecular formula is C21H21N3O3. The van der Waals surface area contributed by atoms with E-state index in [0.717, 1.165) is 29.7 Å². The highest BCUT2D eigenvalue weighted by Gasteiger charge is 2.31. The Hall–Kier alpha value is -3.28. The normalized spacial score (nSPS) is 13.2. The van der Waals surface area contributed by atoms with Gasteiger partial charge in [-0.25, -0.2) is 4.79 Å². The standard InChI is InChI=1S/C21H21N3O3/c1-26-17-10-6-5-9-16(17)19-20(18(23-24-19)15-11-12-15)22-21(25)27-13-14-7-3-2-4-8-14/h2-10,15H,11-13H2,1H3,(H,22,25)(H,23,24). The topological polar surface area (TPSA) is 76.2 Å². The van der Waals surface area contributed by atoms with Gasteiger partial charge in [-0.2, -0.15) is 5.10 Å². The number of rotatable bonds is 6. The number of para-hydroxylation sites is 1. The molecule has 1 amide bonds. The van der Waals surface area contributed by atoms with Crippen LogP contribution in [0.15, 0.2) is 54.6 Å². The van der Waals surface area contributed by atoms with Crippen LogP contribution in [0.5, 0.6) is 5.75 Å². The summed E-state index contributed by atoms with van der Waals surface area (Å²) in [6, 6.07) is 17.2. The quantitative estimate of drug-likeness (QED) is 0.665. The monoisotopic (exact) mass is 363 g/mol. The Morgan fingerprint density at radius 1 is 1.15 bits per heavy atom. The number of methoxy groups -OCH3 is 1. The van der Waals surface area contributed by atoms with Crippen molar-refractivity contribution in [2.75, 3.05) is 12.4 Å². The molecule has 3 aromatic rings. The average Bonchev–Trinajstić information content (AvgIpc) is 3.48. The molecule has 1 aliphatic carbocycles. The molecule has 4 rings (SSSR count). The molecule has 1 fully saturated rings. The molecule has 0 aliphatic heterocycles. The summed E-state index contributed by atoms with van der Waals surface area (Å²) in [5.41, 5.74) is 4.02. The molecule has 1 aliphatic rings. The van der Waals surface area contributed by atoms with Crippen molar-refractivity contribution in [3.63, 3.8) is 0 Å². The predicted molar refractivity (Wildman–Crippen MR) is 103 cm³/mol. The third kappa shape index (κ3) is 3.79. The lowest BCUT2D eigenvalue weighted by Gasteiger charge is -2.11. The van der Waals surface area contributed by atoms with Crippen molar-refractivity contribution >= 4 is 11.8 Å². The lowest BCUT2D eigenvalue weighted by Crippen LogP contribution is -2.14. The number of ether oxygens (including phenoxy) is 2. The van der Waals surface area contributed by atoms with Gasteiger partial charge in [-0.15, -0.1) is 0 Å². The number of aromatic nitrogens is 2. The van der Waals surface area contributed by atoms with Gasteiger partial charge in [0.25, 0.3) is 0 Å². The fourth-order valence-corrected chi connectivity index (χ4v) is 3.05. The van der Waals surface area contributed by atoms with Crippen LogP contribution in [0.4, 0.5) is 10.5 Å². The van der Waals surface area contributed by atoms with Crippen molar-refractivity contribution < 1.29 is 14.3 Å². The van der Waals surface area contributed by atoms with E-state index in [4.69, 9.17) is 9.47 Å². The van der Waals surface area contributed by atoms with Gasteiger partial charge in [0.15, 0.2) is 0 Å². The van der Waals surface area contributed by atoms with E-state index < -0.39 is 6.09 Å². The molecule has 138 valence electrons. The van der Waals surface area contributed by atoms with Crippen LogP contribution in [-0.4, -0.2) is 23.4 Å². The van der Waals surface area contributed by atoms with Crippen molar-refractivity contribution in [2.45, 2.75) is 25.4 Å². The van der Waals surface area contributed by atoms with Gasteiger partial charge in [-0.05, 0) is 30.5 Å². The Balaban J connectivity index is 1.57. The molecule has 0 spiro atoms. The van der Waals surface area contributed by atoms with Gasteiger partial charge in [-0.1, -0.05) is 42.5 Å². The van der Waals surface area contributed by atoms with Gasteiger partial charge in [-0.3, -0.25) is 10.4 Å². The van der Waals surface area contributed by atoms with Crippen LogP contribution < -0.4 is 10.1 Å². The summed E-state index contributed by atoms with van der Waals surface area (Å²) in [7, 11) is 1.62. The zero-order chi connectivity index (χ0) is 18.6. The van der Waals surface area contributed by atoms with E-state index in [9.17, 15) is 4.79 Å². The number of anilines is 1. The van der Waals surface area contributed by atoms with Gasteiger partial charge in [0, 0.05) is 11.5 Å². The van der Waals surface area contributed by atoms with Crippen LogP contribution >= 0.6 is 0 Å². The average molecular weight is 363 g/mol. The minimum atomic E-state index is -0.502. The van der Waals surface area contributed by atoms with Crippen LogP contribution in [0.25, 0.3) is 11.3 Å². The maximum atomic E-state index is 12.4. The summed E-state index contributed by atoms with van der Waals surface area (Å²) in [4.78, 5) is 12.4. The Morgan fingerprint density at radius 3 is 2.63 bits per heavy atom. The zero-order valence-electron chi connectivity index (χ0n) is 15.1. The van der Waals surface area contributed by atoms with Crippen LogP contribution in [0.1, 0.15) is 30.0 Å². The van der Waals surface area contributed by atoms with E-state index in [2.05, 4.69) is 15.5 Å². The SMILES string of the molecule is COc1ccccc1-c1n[nH]c(C2CC2)c1NC(=O)OCc1ccccc1. The number of H-pyrrole nitrogens is 1. The molecule has 1 aromatic heterocycles. The first-order valence-corrected chi connectivity index (χ1v) is 8.95. The fraction of sp³-hybridized carbons (Fsp3) is 0.238. The number of aromatic amines is 1. The number of carbonyl (C=O) groups excluding carboxylic acids is 1. The summed E-state index contributed by atoms with van der Waals surface area (Å²) in [5.74, 6) is 1.09. The van der Waals surface area contributed by atoms with Crippen LogP contribution in [0.3, 0.4) is 0 Å². The van der Waals surface area contributed by atoms with Crippen LogP contribution in [-0.2, 0) is 11.3 Å². The molecule has 1 heterocycles.